The van der Waals surface area contributed by atoms with Gasteiger partial charge in [0.25, 0.3) is 0 Å². The van der Waals surface area contributed by atoms with Gasteiger partial charge in [0.2, 0.25) is 0 Å². The zero-order valence-electron chi connectivity index (χ0n) is 15.5. The molecule has 0 fully saturated rings. The Morgan fingerprint density at radius 1 is 1.07 bits per heavy atom. The molecular weight excluding hydrogens is 438 g/mol. The maximum Gasteiger partial charge on any atom is 0.155 e. The van der Waals surface area contributed by atoms with E-state index in [0.717, 1.165) is 5.39 Å². The van der Waals surface area contributed by atoms with E-state index in [9.17, 15) is 9.47 Å². The van der Waals surface area contributed by atoms with E-state index < -0.39 is 15.7 Å². The standard InChI is InChI=1S/C21H16BrN3O2S/c1-21(2,3)28(26)25-19(15-6-4-13(11-23)5-7-15)18-10-16-8-14(12-24)9-17(22)20(16)27-18/h4-10H,1-3H3. The van der Waals surface area contributed by atoms with E-state index in [0.29, 0.717) is 38.2 Å². The van der Waals surface area contributed by atoms with Crippen molar-refractivity contribution < 1.29 is 8.63 Å². The van der Waals surface area contributed by atoms with Gasteiger partial charge in [-0.15, -0.1) is 0 Å². The fraction of sp³-hybridized carbons (Fsp3) is 0.190. The number of nitriles is 2. The smallest absolute Gasteiger partial charge is 0.155 e. The van der Waals surface area contributed by atoms with Gasteiger partial charge in [-0.3, -0.25) is 0 Å². The summed E-state index contributed by atoms with van der Waals surface area (Å²) < 4.78 is 23.3. The van der Waals surface area contributed by atoms with Crippen LogP contribution in [-0.2, 0) is 11.0 Å². The van der Waals surface area contributed by atoms with Gasteiger partial charge in [-0.1, -0.05) is 12.1 Å². The maximum atomic E-state index is 12.7. The molecule has 28 heavy (non-hydrogen) atoms. The van der Waals surface area contributed by atoms with Crippen LogP contribution in [0.3, 0.4) is 0 Å². The molecule has 0 aliphatic carbocycles. The molecule has 1 unspecified atom stereocenters. The average molecular weight is 454 g/mol. The van der Waals surface area contributed by atoms with Crippen molar-refractivity contribution in [3.8, 4) is 12.1 Å². The van der Waals surface area contributed by atoms with Gasteiger partial charge < -0.3 is 4.42 Å². The molecule has 2 aromatic carbocycles. The molecule has 5 nitrogen and oxygen atoms in total. The number of rotatable bonds is 3. The van der Waals surface area contributed by atoms with Crippen LogP contribution in [0.15, 0.2) is 55.8 Å². The summed E-state index contributed by atoms with van der Waals surface area (Å²) >= 11 is 3.43. The van der Waals surface area contributed by atoms with Gasteiger partial charge in [0, 0.05) is 10.9 Å². The predicted molar refractivity (Wildman–Crippen MR) is 113 cm³/mol. The van der Waals surface area contributed by atoms with Gasteiger partial charge in [0.15, 0.2) is 5.76 Å². The molecule has 0 aliphatic heterocycles. The minimum atomic E-state index is -1.51. The van der Waals surface area contributed by atoms with E-state index in [-0.39, 0.29) is 0 Å². The molecule has 3 aromatic rings. The molecule has 0 radical (unpaired) electrons. The molecule has 140 valence electrons. The molecule has 0 spiro atoms. The zero-order chi connectivity index (χ0) is 20.5. The van der Waals surface area contributed by atoms with Crippen LogP contribution in [0.5, 0.6) is 0 Å². The van der Waals surface area contributed by atoms with E-state index in [1.807, 2.05) is 20.8 Å². The van der Waals surface area contributed by atoms with Crippen LogP contribution in [0.25, 0.3) is 11.0 Å². The summed E-state index contributed by atoms with van der Waals surface area (Å²) in [5, 5.41) is 19.0. The second kappa shape index (κ2) is 7.71. The van der Waals surface area contributed by atoms with Crippen molar-refractivity contribution in [3.05, 3.63) is 69.4 Å². The highest BCUT2D eigenvalue weighted by atomic mass is 79.9. The largest absolute Gasteiger partial charge is 0.453 e. The number of hydrogen-bond acceptors (Lipinski definition) is 4. The predicted octanol–water partition coefficient (Wildman–Crippen LogP) is 5.24. The molecule has 0 N–H and O–H groups in total. The SMILES string of the molecule is CC(C)(C)S(=O)N=C(c1ccc(C#N)cc1)c1cc2cc(C#N)cc(Br)c2o1. The van der Waals surface area contributed by atoms with Crippen molar-refractivity contribution >= 4 is 43.6 Å². The van der Waals surface area contributed by atoms with Gasteiger partial charge in [0.05, 0.1) is 32.5 Å². The zero-order valence-corrected chi connectivity index (χ0v) is 17.9. The van der Waals surface area contributed by atoms with E-state index in [1.54, 1.807) is 42.5 Å². The van der Waals surface area contributed by atoms with Crippen LogP contribution in [0.4, 0.5) is 0 Å². The van der Waals surface area contributed by atoms with Crippen molar-refractivity contribution in [2.24, 2.45) is 4.40 Å². The van der Waals surface area contributed by atoms with E-state index >= 15 is 0 Å². The van der Waals surface area contributed by atoms with Crippen LogP contribution in [0.2, 0.25) is 0 Å². The van der Waals surface area contributed by atoms with Crippen molar-refractivity contribution in [2.45, 2.75) is 25.5 Å². The summed E-state index contributed by atoms with van der Waals surface area (Å²) in [7, 11) is -1.51. The lowest BCUT2D eigenvalue weighted by Gasteiger charge is -2.14. The molecule has 0 bridgehead atoms. The number of benzene rings is 2. The second-order valence-corrected chi connectivity index (χ2v) is 9.85. The topological polar surface area (TPSA) is 90.1 Å². The lowest BCUT2D eigenvalue weighted by atomic mass is 10.1. The van der Waals surface area contributed by atoms with E-state index in [1.165, 1.54) is 0 Å². The molecule has 0 amide bonds. The van der Waals surface area contributed by atoms with Gasteiger partial charge in [-0.2, -0.15) is 14.9 Å². The van der Waals surface area contributed by atoms with Gasteiger partial charge in [0.1, 0.15) is 22.3 Å². The molecule has 7 heteroatoms. The monoisotopic (exact) mass is 453 g/mol. The fourth-order valence-corrected chi connectivity index (χ4v) is 3.65. The Balaban J connectivity index is 2.21. The summed E-state index contributed by atoms with van der Waals surface area (Å²) in [6.45, 7) is 5.53. The van der Waals surface area contributed by atoms with Gasteiger partial charge in [-0.25, -0.2) is 4.21 Å². The number of halogens is 1. The number of hydrogen-bond donors (Lipinski definition) is 0. The summed E-state index contributed by atoms with van der Waals surface area (Å²) in [6.07, 6.45) is 0. The van der Waals surface area contributed by atoms with Gasteiger partial charge in [-0.05, 0) is 67.0 Å². The summed E-state index contributed by atoms with van der Waals surface area (Å²) in [4.78, 5) is 0. The molecule has 3 rings (SSSR count). The fourth-order valence-electron chi connectivity index (χ4n) is 2.45. The Hall–Kier alpha value is -2.74. The highest BCUT2D eigenvalue weighted by molar-refractivity contribution is 9.10. The van der Waals surface area contributed by atoms with Crippen LogP contribution in [-0.4, -0.2) is 14.7 Å². The second-order valence-electron chi connectivity index (χ2n) is 7.09. The third kappa shape index (κ3) is 4.06. The molecule has 1 atom stereocenters. The first-order valence-electron chi connectivity index (χ1n) is 8.37. The minimum Gasteiger partial charge on any atom is -0.453 e. The van der Waals surface area contributed by atoms with Gasteiger partial charge >= 0.3 is 0 Å². The summed E-state index contributed by atoms with van der Waals surface area (Å²) in [5.74, 6) is 0.438. The third-order valence-electron chi connectivity index (χ3n) is 3.92. The van der Waals surface area contributed by atoms with E-state index in [4.69, 9.17) is 9.68 Å². The van der Waals surface area contributed by atoms with Crippen molar-refractivity contribution in [2.75, 3.05) is 0 Å². The Kier molecular flexibility index (Phi) is 5.51. The average Bonchev–Trinajstić information content (AvgIpc) is 3.09. The molecule has 1 aromatic heterocycles. The van der Waals surface area contributed by atoms with Crippen LogP contribution < -0.4 is 0 Å². The van der Waals surface area contributed by atoms with Crippen molar-refractivity contribution in [3.63, 3.8) is 0 Å². The number of nitrogens with zero attached hydrogens (tertiary/aromatic N) is 3. The number of furan rings is 1. The van der Waals surface area contributed by atoms with Crippen LogP contribution in [0.1, 0.15) is 43.2 Å². The highest BCUT2D eigenvalue weighted by Crippen LogP contribution is 2.30. The lowest BCUT2D eigenvalue weighted by molar-refractivity contribution is 0.603. The molecule has 0 aliphatic rings. The Morgan fingerprint density at radius 2 is 1.71 bits per heavy atom. The van der Waals surface area contributed by atoms with Crippen molar-refractivity contribution in [1.82, 2.24) is 0 Å². The molecule has 0 saturated carbocycles. The Morgan fingerprint density at radius 3 is 2.29 bits per heavy atom. The van der Waals surface area contributed by atoms with Crippen molar-refractivity contribution in [1.29, 1.82) is 10.5 Å². The summed E-state index contributed by atoms with van der Waals surface area (Å²) in [5.41, 5.74) is 2.72. The van der Waals surface area contributed by atoms with Crippen LogP contribution in [0, 0.1) is 22.7 Å². The first-order chi connectivity index (χ1) is 13.2. The molecular formula is C21H16BrN3O2S. The first-order valence-corrected chi connectivity index (χ1v) is 10.3. The molecule has 0 saturated heterocycles. The third-order valence-corrected chi connectivity index (χ3v) is 5.90. The minimum absolute atomic E-state index is 0.430. The lowest BCUT2D eigenvalue weighted by Crippen LogP contribution is -2.21. The van der Waals surface area contributed by atoms with E-state index in [2.05, 4.69) is 32.5 Å². The maximum absolute atomic E-state index is 12.7. The first kappa shape index (κ1) is 20.0. The Labute approximate surface area is 174 Å². The van der Waals surface area contributed by atoms with Crippen LogP contribution >= 0.6 is 15.9 Å². The highest BCUT2D eigenvalue weighted by Gasteiger charge is 2.23. The molecule has 1 heterocycles. The Bertz CT molecular complexity index is 1190. The number of fused-ring (bicyclic) bond motifs is 1. The quantitative estimate of drug-likeness (QED) is 0.507. The summed E-state index contributed by atoms with van der Waals surface area (Å²) in [6, 6.07) is 16.2. The normalized spacial score (nSPS) is 13.1.